The Kier molecular flexibility index (Phi) is 9.13. The van der Waals surface area contributed by atoms with E-state index in [2.05, 4.69) is 47.9 Å². The number of anilines is 4. The van der Waals surface area contributed by atoms with Crippen molar-refractivity contribution in [3.63, 3.8) is 0 Å². The van der Waals surface area contributed by atoms with Crippen molar-refractivity contribution in [2.45, 2.75) is 26.2 Å². The van der Waals surface area contributed by atoms with Crippen LogP contribution >= 0.6 is 0 Å². The molecule has 1 aliphatic rings. The topological polar surface area (TPSA) is 167 Å². The van der Waals surface area contributed by atoms with Gasteiger partial charge in [0.15, 0.2) is 5.82 Å². The molecular weight excluding hydrogens is 508 g/mol. The number of rotatable bonds is 8. The van der Waals surface area contributed by atoms with E-state index in [1.54, 1.807) is 19.3 Å². The van der Waals surface area contributed by atoms with Gasteiger partial charge in [0.2, 0.25) is 11.9 Å². The van der Waals surface area contributed by atoms with Crippen LogP contribution in [0.3, 0.4) is 0 Å². The van der Waals surface area contributed by atoms with Crippen molar-refractivity contribution in [1.82, 2.24) is 19.9 Å². The van der Waals surface area contributed by atoms with Crippen molar-refractivity contribution in [3.05, 3.63) is 67.1 Å². The first kappa shape index (κ1) is 27.9. The Morgan fingerprint density at radius 1 is 1.15 bits per heavy atom. The van der Waals surface area contributed by atoms with Crippen LogP contribution in [0.4, 0.5) is 28.8 Å². The van der Waals surface area contributed by atoms with E-state index < -0.39 is 5.91 Å². The summed E-state index contributed by atoms with van der Waals surface area (Å²) in [5.74, 6) is 2.20. The van der Waals surface area contributed by atoms with Crippen molar-refractivity contribution < 1.29 is 9.53 Å². The van der Waals surface area contributed by atoms with Gasteiger partial charge in [0.1, 0.15) is 34.5 Å². The summed E-state index contributed by atoms with van der Waals surface area (Å²) in [5, 5.41) is 9.95. The first-order valence-electron chi connectivity index (χ1n) is 12.8. The van der Waals surface area contributed by atoms with Gasteiger partial charge in [0.25, 0.3) is 0 Å². The third kappa shape index (κ3) is 6.84. The number of hydrogen-bond acceptors (Lipinski definition) is 11. The lowest BCUT2D eigenvalue weighted by Gasteiger charge is -2.26. The Bertz CT molecular complexity index is 1520. The minimum atomic E-state index is -0.481. The number of ether oxygens (including phenoxy) is 1. The van der Waals surface area contributed by atoms with Crippen LogP contribution in [0.5, 0.6) is 11.5 Å². The van der Waals surface area contributed by atoms with E-state index in [0.717, 1.165) is 54.9 Å². The van der Waals surface area contributed by atoms with Crippen LogP contribution in [-0.4, -0.2) is 46.0 Å². The van der Waals surface area contributed by atoms with E-state index in [9.17, 15) is 4.79 Å². The molecule has 1 saturated heterocycles. The number of nitrogens with zero attached hydrogens (tertiary/aromatic N) is 6. The van der Waals surface area contributed by atoms with Gasteiger partial charge >= 0.3 is 0 Å². The summed E-state index contributed by atoms with van der Waals surface area (Å²) >= 11 is 0. The fourth-order valence-corrected chi connectivity index (χ4v) is 4.17. The summed E-state index contributed by atoms with van der Waals surface area (Å²) in [6.45, 7) is 7.00. The van der Waals surface area contributed by atoms with Gasteiger partial charge in [-0.2, -0.15) is 5.11 Å². The van der Waals surface area contributed by atoms with E-state index >= 15 is 0 Å². The van der Waals surface area contributed by atoms with Crippen molar-refractivity contribution in [1.29, 1.82) is 5.53 Å². The molecule has 4 aromatic rings. The number of piperidine rings is 1. The van der Waals surface area contributed by atoms with Gasteiger partial charge in [-0.05, 0) is 68.2 Å². The maximum atomic E-state index is 9.47. The highest BCUT2D eigenvalue weighted by atomic mass is 16.5. The maximum absolute atomic E-state index is 9.47. The molecule has 0 radical (unpaired) electrons. The standard InChI is InChI=1S/C25H27N9O.C3H5NO/c1-16-12-17(6-9-22(16)35-18-7-8-19(27-2)20(13-18)33-26)31-24-23-21(29-15-30-24)14-28-25(32-23)34-10-4-3-5-11-34;1-2-3(4)5/h6-9,12-15,26-27H,3-5,10-11H2,1-2H3,(H,29,30,31);2H,1H2,(H2,4,5). The van der Waals surface area contributed by atoms with Crippen molar-refractivity contribution in [3.8, 4) is 11.5 Å². The van der Waals surface area contributed by atoms with Crippen molar-refractivity contribution in [2.24, 2.45) is 10.8 Å². The fraction of sp³-hybridized carbons (Fsp3) is 0.250. The first-order chi connectivity index (χ1) is 19.4. The summed E-state index contributed by atoms with van der Waals surface area (Å²) < 4.78 is 6.06. The number of nitrogens with one attached hydrogen (secondary N) is 3. The monoisotopic (exact) mass is 540 g/mol. The third-order valence-corrected chi connectivity index (χ3v) is 6.23. The number of primary amides is 1. The van der Waals surface area contributed by atoms with Gasteiger partial charge in [-0.25, -0.2) is 25.5 Å². The number of aromatic nitrogens is 4. The molecule has 40 heavy (non-hydrogen) atoms. The second-order valence-corrected chi connectivity index (χ2v) is 9.03. The normalized spacial score (nSPS) is 12.6. The molecule has 0 unspecified atom stereocenters. The lowest BCUT2D eigenvalue weighted by atomic mass is 10.1. The fourth-order valence-electron chi connectivity index (χ4n) is 4.17. The average Bonchev–Trinajstić information content (AvgIpc) is 2.99. The van der Waals surface area contributed by atoms with E-state index in [-0.39, 0.29) is 0 Å². The predicted molar refractivity (Wildman–Crippen MR) is 156 cm³/mol. The second-order valence-electron chi connectivity index (χ2n) is 9.03. The number of amides is 1. The Morgan fingerprint density at radius 3 is 2.60 bits per heavy atom. The van der Waals surface area contributed by atoms with E-state index in [1.165, 1.54) is 12.7 Å². The molecule has 5 rings (SSSR count). The van der Waals surface area contributed by atoms with Crippen molar-refractivity contribution in [2.75, 3.05) is 35.7 Å². The van der Waals surface area contributed by atoms with Gasteiger partial charge in [0, 0.05) is 31.9 Å². The quantitative estimate of drug-likeness (QED) is 0.164. The second kappa shape index (κ2) is 13.1. The molecule has 1 aliphatic heterocycles. The third-order valence-electron chi connectivity index (χ3n) is 6.23. The molecule has 0 saturated carbocycles. The summed E-state index contributed by atoms with van der Waals surface area (Å²) in [4.78, 5) is 29.8. The first-order valence-corrected chi connectivity index (χ1v) is 12.8. The predicted octanol–water partition coefficient (Wildman–Crippen LogP) is 5.62. The Balaban J connectivity index is 0.000000681. The zero-order valence-corrected chi connectivity index (χ0v) is 22.5. The van der Waals surface area contributed by atoms with Crippen LogP contribution in [-0.2, 0) is 4.79 Å². The largest absolute Gasteiger partial charge is 0.457 e. The van der Waals surface area contributed by atoms with Gasteiger partial charge in [-0.3, -0.25) is 4.79 Å². The Hall–Kier alpha value is -5.13. The highest BCUT2D eigenvalue weighted by molar-refractivity contribution is 5.87. The number of aryl methyl sites for hydroxylation is 1. The zero-order valence-electron chi connectivity index (χ0n) is 22.5. The highest BCUT2D eigenvalue weighted by Gasteiger charge is 2.16. The Morgan fingerprint density at radius 2 is 1.93 bits per heavy atom. The molecule has 0 atom stereocenters. The van der Waals surface area contributed by atoms with Crippen LogP contribution in [0.2, 0.25) is 0 Å². The molecule has 12 nitrogen and oxygen atoms in total. The summed E-state index contributed by atoms with van der Waals surface area (Å²) in [6.07, 6.45) is 7.90. The number of fused-ring (bicyclic) bond motifs is 1. The molecule has 1 fully saturated rings. The smallest absolute Gasteiger partial charge is 0.240 e. The van der Waals surface area contributed by atoms with Crippen LogP contribution in [0.25, 0.3) is 11.0 Å². The zero-order chi connectivity index (χ0) is 28.5. The summed E-state index contributed by atoms with van der Waals surface area (Å²) in [5.41, 5.74) is 16.4. The van der Waals surface area contributed by atoms with E-state index in [4.69, 9.17) is 15.3 Å². The van der Waals surface area contributed by atoms with Crippen molar-refractivity contribution >= 4 is 45.8 Å². The van der Waals surface area contributed by atoms with Crippen LogP contribution in [0, 0.1) is 12.5 Å². The number of hydrogen-bond donors (Lipinski definition) is 4. The minimum Gasteiger partial charge on any atom is -0.457 e. The molecule has 3 heterocycles. The number of nitrogens with two attached hydrogens (primary N) is 1. The number of carbonyl (C=O) groups is 1. The SMILES string of the molecule is C=CC(N)=O.CNc1ccc(Oc2ccc(Nc3ncnc4cnc(N5CCCCC5)nc34)cc2C)cc1N=N. The van der Waals surface area contributed by atoms with Gasteiger partial charge in [-0.15, -0.1) is 0 Å². The molecule has 12 heteroatoms. The summed E-state index contributed by atoms with van der Waals surface area (Å²) in [6, 6.07) is 11.2. The summed E-state index contributed by atoms with van der Waals surface area (Å²) in [7, 11) is 1.79. The number of benzene rings is 2. The molecule has 2 aromatic carbocycles. The average molecular weight is 541 g/mol. The highest BCUT2D eigenvalue weighted by Crippen LogP contribution is 2.34. The maximum Gasteiger partial charge on any atom is 0.240 e. The van der Waals surface area contributed by atoms with Gasteiger partial charge in [0.05, 0.1) is 11.9 Å². The number of carbonyl (C=O) groups excluding carboxylic acids is 1. The molecule has 0 bridgehead atoms. The Labute approximate surface area is 232 Å². The molecule has 0 aliphatic carbocycles. The van der Waals surface area contributed by atoms with Gasteiger partial charge < -0.3 is 26.0 Å². The lowest BCUT2D eigenvalue weighted by molar-refractivity contribution is -0.113. The lowest BCUT2D eigenvalue weighted by Crippen LogP contribution is -2.31. The molecular formula is C28H32N10O2. The molecule has 1 amide bonds. The minimum absolute atomic E-state index is 0.481. The molecule has 5 N–H and O–H groups in total. The van der Waals surface area contributed by atoms with E-state index in [0.29, 0.717) is 34.0 Å². The van der Waals surface area contributed by atoms with E-state index in [1.807, 2.05) is 37.3 Å². The molecule has 0 spiro atoms. The van der Waals surface area contributed by atoms with Gasteiger partial charge in [-0.1, -0.05) is 6.58 Å². The van der Waals surface area contributed by atoms with Crippen LogP contribution < -0.4 is 26.0 Å². The van der Waals surface area contributed by atoms with Crippen LogP contribution in [0.15, 0.2) is 66.7 Å². The molecule has 206 valence electrons. The van der Waals surface area contributed by atoms with Crippen LogP contribution in [0.1, 0.15) is 24.8 Å². The molecule has 2 aromatic heterocycles.